The van der Waals surface area contributed by atoms with Gasteiger partial charge in [0.15, 0.2) is 6.10 Å². The molecule has 156 valence electrons. The molecule has 0 aliphatic heterocycles. The number of ether oxygens (including phenoxy) is 3. The van der Waals surface area contributed by atoms with E-state index in [1.807, 2.05) is 0 Å². The van der Waals surface area contributed by atoms with E-state index in [-0.39, 0.29) is 12.2 Å². The average molecular weight is 413 g/mol. The molecule has 2 aromatic rings. The molecule has 0 spiro atoms. The van der Waals surface area contributed by atoms with Crippen LogP contribution in [0.1, 0.15) is 25.8 Å². The Morgan fingerprint density at radius 1 is 1.10 bits per heavy atom. The van der Waals surface area contributed by atoms with Crippen LogP contribution in [0.25, 0.3) is 0 Å². The lowest BCUT2D eigenvalue weighted by Gasteiger charge is -2.35. The number of para-hydroxylation sites is 1. The van der Waals surface area contributed by atoms with Gasteiger partial charge in [0.05, 0.1) is 5.56 Å². The summed E-state index contributed by atoms with van der Waals surface area (Å²) in [5.41, 5.74) is -1.04. The summed E-state index contributed by atoms with van der Waals surface area (Å²) in [6.45, 7) is 2.61. The smallest absolute Gasteiger partial charge is 0.417 e. The standard InChI is InChI=1S/C19H18F3NO6/c1-3-15(27-12(2)24)18(17(25)26,28-14-7-5-4-6-8-14)29-16-10-9-13(11-23-16)19(20,21)22/h4-11,15H,3H2,1-2H3,(H,25,26). The number of aliphatic carboxylic acids is 1. The Morgan fingerprint density at radius 2 is 1.76 bits per heavy atom. The van der Waals surface area contributed by atoms with Crippen LogP contribution in [-0.2, 0) is 20.5 Å². The number of pyridine rings is 1. The highest BCUT2D eigenvalue weighted by Crippen LogP contribution is 2.32. The van der Waals surface area contributed by atoms with Crippen LogP contribution < -0.4 is 9.47 Å². The van der Waals surface area contributed by atoms with Gasteiger partial charge in [-0.2, -0.15) is 13.2 Å². The van der Waals surface area contributed by atoms with Crippen molar-refractivity contribution in [2.45, 2.75) is 38.3 Å². The van der Waals surface area contributed by atoms with E-state index in [1.54, 1.807) is 18.2 Å². The molecule has 0 bridgehead atoms. The quantitative estimate of drug-likeness (QED) is 0.521. The highest BCUT2D eigenvalue weighted by atomic mass is 19.4. The number of nitrogens with zero attached hydrogens (tertiary/aromatic N) is 1. The van der Waals surface area contributed by atoms with Crippen LogP contribution in [0.4, 0.5) is 13.2 Å². The summed E-state index contributed by atoms with van der Waals surface area (Å²) in [5, 5.41) is 9.90. The van der Waals surface area contributed by atoms with E-state index >= 15 is 0 Å². The van der Waals surface area contributed by atoms with Crippen LogP contribution in [0.2, 0.25) is 0 Å². The molecule has 2 unspecified atom stereocenters. The number of carboxylic acid groups (broad SMARTS) is 1. The van der Waals surface area contributed by atoms with Gasteiger partial charge in [-0.25, -0.2) is 9.78 Å². The third-order valence-electron chi connectivity index (χ3n) is 3.73. The minimum absolute atomic E-state index is 0.0284. The van der Waals surface area contributed by atoms with Crippen molar-refractivity contribution in [2.24, 2.45) is 0 Å². The second kappa shape index (κ2) is 8.80. The predicted molar refractivity (Wildman–Crippen MR) is 93.1 cm³/mol. The first kappa shape index (κ1) is 22.0. The van der Waals surface area contributed by atoms with E-state index in [9.17, 15) is 27.9 Å². The number of esters is 1. The summed E-state index contributed by atoms with van der Waals surface area (Å²) in [5.74, 6) is -5.41. The predicted octanol–water partition coefficient (Wildman–Crippen LogP) is 3.68. The average Bonchev–Trinajstić information content (AvgIpc) is 2.65. The molecule has 1 aromatic heterocycles. The Morgan fingerprint density at radius 3 is 2.21 bits per heavy atom. The molecule has 0 fully saturated rings. The van der Waals surface area contributed by atoms with Gasteiger partial charge < -0.3 is 19.3 Å². The van der Waals surface area contributed by atoms with Gasteiger partial charge in [0, 0.05) is 19.2 Å². The minimum Gasteiger partial charge on any atom is -0.475 e. The molecule has 2 atom stereocenters. The lowest BCUT2D eigenvalue weighted by molar-refractivity contribution is -0.222. The molecule has 1 heterocycles. The van der Waals surface area contributed by atoms with Crippen molar-refractivity contribution in [2.75, 3.05) is 0 Å². The highest BCUT2D eigenvalue weighted by molar-refractivity contribution is 5.78. The van der Waals surface area contributed by atoms with Crippen molar-refractivity contribution < 1.29 is 42.1 Å². The molecule has 1 N–H and O–H groups in total. The zero-order chi connectivity index (χ0) is 21.7. The van der Waals surface area contributed by atoms with Crippen LogP contribution in [-0.4, -0.2) is 33.9 Å². The van der Waals surface area contributed by atoms with Crippen LogP contribution in [0, 0.1) is 0 Å². The monoisotopic (exact) mass is 413 g/mol. The SMILES string of the molecule is CCC(OC(C)=O)C(Oc1ccccc1)(Oc1ccc(C(F)(F)F)cn1)C(=O)O. The number of hydrogen-bond acceptors (Lipinski definition) is 6. The number of aromatic nitrogens is 1. The van der Waals surface area contributed by atoms with Gasteiger partial charge in [-0.15, -0.1) is 0 Å². The number of hydrogen-bond donors (Lipinski definition) is 1. The Balaban J connectivity index is 2.49. The van der Waals surface area contributed by atoms with Crippen molar-refractivity contribution in [3.63, 3.8) is 0 Å². The minimum atomic E-state index is -4.63. The second-order valence-corrected chi connectivity index (χ2v) is 5.88. The Kier molecular flexibility index (Phi) is 6.68. The molecule has 2 rings (SSSR count). The van der Waals surface area contributed by atoms with E-state index < -0.39 is 41.4 Å². The molecule has 0 amide bonds. The lowest BCUT2D eigenvalue weighted by atomic mass is 10.1. The van der Waals surface area contributed by atoms with E-state index in [0.29, 0.717) is 12.3 Å². The van der Waals surface area contributed by atoms with Crippen molar-refractivity contribution >= 4 is 11.9 Å². The Labute approximate surface area is 164 Å². The molecule has 0 aliphatic rings. The largest absolute Gasteiger partial charge is 0.475 e. The molecule has 10 heteroatoms. The highest BCUT2D eigenvalue weighted by Gasteiger charge is 2.54. The summed E-state index contributed by atoms with van der Waals surface area (Å²) in [6.07, 6.45) is -5.59. The number of carboxylic acids is 1. The number of halogens is 3. The number of carbonyl (C=O) groups excluding carboxylic acids is 1. The second-order valence-electron chi connectivity index (χ2n) is 5.88. The fourth-order valence-electron chi connectivity index (χ4n) is 2.43. The van der Waals surface area contributed by atoms with Crippen LogP contribution in [0.3, 0.4) is 0 Å². The third-order valence-corrected chi connectivity index (χ3v) is 3.73. The number of alkyl halides is 3. The molecule has 1 aromatic carbocycles. The summed E-state index contributed by atoms with van der Waals surface area (Å²) >= 11 is 0. The first-order valence-corrected chi connectivity index (χ1v) is 8.45. The fourth-order valence-corrected chi connectivity index (χ4v) is 2.43. The Hall–Kier alpha value is -3.30. The molecule has 0 radical (unpaired) electrons. The number of rotatable bonds is 8. The molecular weight excluding hydrogens is 395 g/mol. The maximum absolute atomic E-state index is 12.7. The zero-order valence-corrected chi connectivity index (χ0v) is 15.5. The summed E-state index contributed by atoms with van der Waals surface area (Å²) < 4.78 is 54.3. The van der Waals surface area contributed by atoms with Crippen molar-refractivity contribution in [3.8, 4) is 11.6 Å². The molecule has 7 nitrogen and oxygen atoms in total. The van der Waals surface area contributed by atoms with Gasteiger partial charge in [0.1, 0.15) is 5.75 Å². The topological polar surface area (TPSA) is 95.0 Å². The van der Waals surface area contributed by atoms with Gasteiger partial charge in [0.2, 0.25) is 5.88 Å². The maximum Gasteiger partial charge on any atom is 0.417 e. The zero-order valence-electron chi connectivity index (χ0n) is 15.5. The van der Waals surface area contributed by atoms with Crippen molar-refractivity contribution in [1.82, 2.24) is 4.98 Å². The summed E-state index contributed by atoms with van der Waals surface area (Å²) in [7, 11) is 0. The van der Waals surface area contributed by atoms with Crippen LogP contribution >= 0.6 is 0 Å². The molecule has 29 heavy (non-hydrogen) atoms. The lowest BCUT2D eigenvalue weighted by Crippen LogP contribution is -2.60. The summed E-state index contributed by atoms with van der Waals surface area (Å²) in [6, 6.07) is 9.25. The van der Waals surface area contributed by atoms with Gasteiger partial charge in [-0.3, -0.25) is 4.79 Å². The van der Waals surface area contributed by atoms with E-state index in [4.69, 9.17) is 14.2 Å². The molecule has 0 saturated carbocycles. The fraction of sp³-hybridized carbons (Fsp3) is 0.316. The number of carbonyl (C=O) groups is 2. The van der Waals surface area contributed by atoms with Gasteiger partial charge in [0.25, 0.3) is 0 Å². The van der Waals surface area contributed by atoms with E-state index in [1.165, 1.54) is 19.1 Å². The van der Waals surface area contributed by atoms with Gasteiger partial charge in [-0.05, 0) is 24.6 Å². The normalized spacial score (nSPS) is 14.4. The Bertz CT molecular complexity index is 841. The van der Waals surface area contributed by atoms with Gasteiger partial charge >= 0.3 is 23.9 Å². The summed E-state index contributed by atoms with van der Waals surface area (Å²) in [4.78, 5) is 27.2. The molecular formula is C19H18F3NO6. The third kappa shape index (κ3) is 5.37. The van der Waals surface area contributed by atoms with E-state index in [0.717, 1.165) is 13.0 Å². The molecule has 0 aliphatic carbocycles. The van der Waals surface area contributed by atoms with Crippen LogP contribution in [0.15, 0.2) is 48.7 Å². The van der Waals surface area contributed by atoms with Crippen molar-refractivity contribution in [1.29, 1.82) is 0 Å². The van der Waals surface area contributed by atoms with E-state index in [2.05, 4.69) is 4.98 Å². The van der Waals surface area contributed by atoms with Gasteiger partial charge in [-0.1, -0.05) is 25.1 Å². The van der Waals surface area contributed by atoms with Crippen LogP contribution in [0.5, 0.6) is 11.6 Å². The molecule has 0 saturated heterocycles. The maximum atomic E-state index is 12.7. The number of benzene rings is 1. The first-order chi connectivity index (χ1) is 13.6. The first-order valence-electron chi connectivity index (χ1n) is 8.45. The van der Waals surface area contributed by atoms with Crippen molar-refractivity contribution in [3.05, 3.63) is 54.2 Å².